The molecule has 1 aromatic carbocycles. The number of hydrogen-bond acceptors (Lipinski definition) is 2. The van der Waals surface area contributed by atoms with E-state index in [0.717, 1.165) is 0 Å². The van der Waals surface area contributed by atoms with Crippen LogP contribution in [0.25, 0.3) is 0 Å². The SMILES string of the molecule is O=C1CC(C(F)(F)F)C(=O)N1c1ccccc1. The summed E-state index contributed by atoms with van der Waals surface area (Å²) in [5.74, 6) is -4.23. The molecule has 1 saturated heterocycles. The Morgan fingerprint density at radius 3 is 2.18 bits per heavy atom. The second-order valence-corrected chi connectivity index (χ2v) is 3.70. The molecule has 1 aliphatic rings. The van der Waals surface area contributed by atoms with Crippen molar-refractivity contribution in [2.24, 2.45) is 5.92 Å². The van der Waals surface area contributed by atoms with E-state index in [1.165, 1.54) is 12.1 Å². The van der Waals surface area contributed by atoms with E-state index in [1.807, 2.05) is 0 Å². The lowest BCUT2D eigenvalue weighted by Crippen LogP contribution is -2.34. The van der Waals surface area contributed by atoms with Crippen LogP contribution in [0.5, 0.6) is 0 Å². The second kappa shape index (κ2) is 3.87. The van der Waals surface area contributed by atoms with Crippen LogP contribution in [0.3, 0.4) is 0 Å². The largest absolute Gasteiger partial charge is 0.401 e. The van der Waals surface area contributed by atoms with Gasteiger partial charge in [0.2, 0.25) is 11.8 Å². The van der Waals surface area contributed by atoms with Gasteiger partial charge in [0, 0.05) is 6.42 Å². The number of alkyl halides is 3. The highest BCUT2D eigenvalue weighted by Gasteiger charge is 2.53. The fraction of sp³-hybridized carbons (Fsp3) is 0.273. The molecular weight excluding hydrogens is 235 g/mol. The number of nitrogens with zero attached hydrogens (tertiary/aromatic N) is 1. The van der Waals surface area contributed by atoms with Crippen LogP contribution in [0, 0.1) is 5.92 Å². The quantitative estimate of drug-likeness (QED) is 0.708. The molecule has 0 spiro atoms. The molecule has 90 valence electrons. The molecule has 6 heteroatoms. The molecule has 0 aromatic heterocycles. The Morgan fingerprint density at radius 1 is 1.12 bits per heavy atom. The Labute approximate surface area is 94.8 Å². The van der Waals surface area contributed by atoms with Crippen molar-refractivity contribution in [1.29, 1.82) is 0 Å². The maximum absolute atomic E-state index is 12.5. The van der Waals surface area contributed by atoms with E-state index in [2.05, 4.69) is 0 Å². The van der Waals surface area contributed by atoms with Gasteiger partial charge >= 0.3 is 6.18 Å². The fourth-order valence-electron chi connectivity index (χ4n) is 1.74. The molecule has 2 rings (SSSR count). The van der Waals surface area contributed by atoms with E-state index >= 15 is 0 Å². The molecular formula is C11H8F3NO2. The number of para-hydroxylation sites is 1. The lowest BCUT2D eigenvalue weighted by molar-refractivity contribution is -0.178. The highest BCUT2D eigenvalue weighted by atomic mass is 19.4. The molecule has 3 nitrogen and oxygen atoms in total. The number of rotatable bonds is 1. The summed E-state index contributed by atoms with van der Waals surface area (Å²) < 4.78 is 37.4. The van der Waals surface area contributed by atoms with Crippen molar-refractivity contribution < 1.29 is 22.8 Å². The lowest BCUT2D eigenvalue weighted by atomic mass is 10.1. The summed E-state index contributed by atoms with van der Waals surface area (Å²) in [6.45, 7) is 0. The van der Waals surface area contributed by atoms with Gasteiger partial charge in [-0.15, -0.1) is 0 Å². The van der Waals surface area contributed by atoms with Gasteiger partial charge in [0.05, 0.1) is 5.69 Å². The molecule has 1 atom stereocenters. The van der Waals surface area contributed by atoms with E-state index in [9.17, 15) is 22.8 Å². The predicted molar refractivity (Wildman–Crippen MR) is 53.1 cm³/mol. The van der Waals surface area contributed by atoms with Gasteiger partial charge in [0.25, 0.3) is 0 Å². The minimum Gasteiger partial charge on any atom is -0.274 e. The zero-order valence-electron chi connectivity index (χ0n) is 8.57. The number of benzene rings is 1. The van der Waals surface area contributed by atoms with E-state index in [1.54, 1.807) is 18.2 Å². The number of carbonyl (C=O) groups is 2. The summed E-state index contributed by atoms with van der Waals surface area (Å²) in [7, 11) is 0. The van der Waals surface area contributed by atoms with Crippen molar-refractivity contribution >= 4 is 17.5 Å². The lowest BCUT2D eigenvalue weighted by Gasteiger charge is -2.15. The Morgan fingerprint density at radius 2 is 1.71 bits per heavy atom. The van der Waals surface area contributed by atoms with Crippen LogP contribution in [0.15, 0.2) is 30.3 Å². The summed E-state index contributed by atoms with van der Waals surface area (Å²) in [5.41, 5.74) is 0.175. The monoisotopic (exact) mass is 243 g/mol. The first-order chi connectivity index (χ1) is 7.91. The van der Waals surface area contributed by atoms with Gasteiger partial charge in [0.1, 0.15) is 5.92 Å². The van der Waals surface area contributed by atoms with Gasteiger partial charge in [0.15, 0.2) is 0 Å². The van der Waals surface area contributed by atoms with Gasteiger partial charge in [-0.1, -0.05) is 18.2 Å². The van der Waals surface area contributed by atoms with Crippen molar-refractivity contribution in [3.8, 4) is 0 Å². The molecule has 1 aliphatic heterocycles. The molecule has 2 amide bonds. The van der Waals surface area contributed by atoms with Crippen molar-refractivity contribution in [2.45, 2.75) is 12.6 Å². The first-order valence-corrected chi connectivity index (χ1v) is 4.90. The number of imide groups is 1. The molecule has 0 saturated carbocycles. The highest BCUT2D eigenvalue weighted by Crippen LogP contribution is 2.37. The molecule has 1 unspecified atom stereocenters. The van der Waals surface area contributed by atoms with E-state index in [-0.39, 0.29) is 5.69 Å². The molecule has 17 heavy (non-hydrogen) atoms. The topological polar surface area (TPSA) is 37.4 Å². The van der Waals surface area contributed by atoms with Crippen LogP contribution in [0.1, 0.15) is 6.42 Å². The third-order valence-electron chi connectivity index (χ3n) is 2.56. The van der Waals surface area contributed by atoms with Gasteiger partial charge < -0.3 is 0 Å². The predicted octanol–water partition coefficient (Wildman–Crippen LogP) is 2.13. The number of anilines is 1. The minimum absolute atomic E-state index is 0.175. The summed E-state index contributed by atoms with van der Waals surface area (Å²) in [5, 5.41) is 0. The zero-order chi connectivity index (χ0) is 12.6. The summed E-state index contributed by atoms with van der Waals surface area (Å²) in [6.07, 6.45) is -5.48. The Bertz CT molecular complexity index is 456. The first kappa shape index (κ1) is 11.6. The van der Waals surface area contributed by atoms with Crippen LogP contribution in [0.4, 0.5) is 18.9 Å². The fourth-order valence-corrected chi connectivity index (χ4v) is 1.74. The van der Waals surface area contributed by atoms with Gasteiger partial charge in [-0.3, -0.25) is 14.5 Å². The van der Waals surface area contributed by atoms with Crippen LogP contribution in [-0.4, -0.2) is 18.0 Å². The van der Waals surface area contributed by atoms with E-state index in [4.69, 9.17) is 0 Å². The average Bonchev–Trinajstić information content (AvgIpc) is 2.55. The van der Waals surface area contributed by atoms with Crippen LogP contribution < -0.4 is 4.90 Å². The van der Waals surface area contributed by atoms with Gasteiger partial charge in [-0.25, -0.2) is 0 Å². The second-order valence-electron chi connectivity index (χ2n) is 3.70. The Kier molecular flexibility index (Phi) is 2.65. The molecule has 0 bridgehead atoms. The molecule has 0 aliphatic carbocycles. The number of hydrogen-bond donors (Lipinski definition) is 0. The number of carbonyl (C=O) groups excluding carboxylic acids is 2. The number of halogens is 3. The molecule has 1 heterocycles. The summed E-state index contributed by atoms with van der Waals surface area (Å²) in [4.78, 5) is 23.6. The third-order valence-corrected chi connectivity index (χ3v) is 2.56. The highest BCUT2D eigenvalue weighted by molar-refractivity contribution is 6.21. The smallest absolute Gasteiger partial charge is 0.274 e. The maximum Gasteiger partial charge on any atom is 0.401 e. The Balaban J connectivity index is 2.33. The minimum atomic E-state index is -4.67. The van der Waals surface area contributed by atoms with Gasteiger partial charge in [-0.05, 0) is 12.1 Å². The normalized spacial score (nSPS) is 21.1. The van der Waals surface area contributed by atoms with Gasteiger partial charge in [-0.2, -0.15) is 13.2 Å². The first-order valence-electron chi connectivity index (χ1n) is 4.90. The van der Waals surface area contributed by atoms with Crippen molar-refractivity contribution in [2.75, 3.05) is 4.90 Å². The van der Waals surface area contributed by atoms with Crippen molar-refractivity contribution in [1.82, 2.24) is 0 Å². The number of amides is 2. The average molecular weight is 243 g/mol. The summed E-state index contributed by atoms with van der Waals surface area (Å²) >= 11 is 0. The Hall–Kier alpha value is -1.85. The molecule has 1 aromatic rings. The van der Waals surface area contributed by atoms with Crippen LogP contribution >= 0.6 is 0 Å². The van der Waals surface area contributed by atoms with E-state index in [0.29, 0.717) is 4.90 Å². The molecule has 1 fully saturated rings. The van der Waals surface area contributed by atoms with Crippen molar-refractivity contribution in [3.05, 3.63) is 30.3 Å². The van der Waals surface area contributed by atoms with Crippen LogP contribution in [-0.2, 0) is 9.59 Å². The summed E-state index contributed by atoms with van der Waals surface area (Å²) in [6, 6.07) is 7.60. The molecule has 0 radical (unpaired) electrons. The molecule has 0 N–H and O–H groups in total. The maximum atomic E-state index is 12.5. The third kappa shape index (κ3) is 2.02. The van der Waals surface area contributed by atoms with Crippen LogP contribution in [0.2, 0.25) is 0 Å². The van der Waals surface area contributed by atoms with Crippen molar-refractivity contribution in [3.63, 3.8) is 0 Å². The van der Waals surface area contributed by atoms with E-state index < -0.39 is 30.3 Å². The zero-order valence-corrected chi connectivity index (χ0v) is 8.57. The standard InChI is InChI=1S/C11H8F3NO2/c12-11(13,14)8-6-9(16)15(10(8)17)7-4-2-1-3-5-7/h1-5,8H,6H2.